The Balaban J connectivity index is 0.000000241. The van der Waals surface area contributed by atoms with E-state index >= 15 is 0 Å². The molecule has 0 aliphatic carbocycles. The molecule has 0 aliphatic heterocycles. The quantitative estimate of drug-likeness (QED) is 0.283. The fourth-order valence-electron chi connectivity index (χ4n) is 2.42. The van der Waals surface area contributed by atoms with Crippen LogP contribution in [0.15, 0.2) is 41.6 Å². The predicted molar refractivity (Wildman–Crippen MR) is 115 cm³/mol. The molecule has 2 N–H and O–H groups in total. The molecule has 4 heterocycles. The number of H-pyrrole nitrogens is 2. The van der Waals surface area contributed by atoms with Crippen LogP contribution in [0.25, 0.3) is 0 Å². The summed E-state index contributed by atoms with van der Waals surface area (Å²) >= 11 is 0. The number of hydrogen-bond donors (Lipinski definition) is 2. The van der Waals surface area contributed by atoms with Crippen molar-refractivity contribution in [3.05, 3.63) is 35.0 Å². The molecule has 0 saturated heterocycles. The molecular formula is C20H24N10NiO4. The van der Waals surface area contributed by atoms with Gasteiger partial charge in [-0.2, -0.15) is 10.2 Å². The summed E-state index contributed by atoms with van der Waals surface area (Å²) in [6.45, 7) is 11.4. The number of azo groups is 2. The topological polar surface area (TPSA) is 205 Å². The first-order valence-electron chi connectivity index (χ1n) is 10.3. The maximum atomic E-state index is 11.3. The van der Waals surface area contributed by atoms with Crippen molar-refractivity contribution in [3.8, 4) is 11.8 Å². The fraction of sp³-hybridized carbons (Fsp3) is 0.400. The van der Waals surface area contributed by atoms with Crippen LogP contribution >= 0.6 is 0 Å². The minimum absolute atomic E-state index is 0. The van der Waals surface area contributed by atoms with Crippen molar-refractivity contribution in [1.82, 2.24) is 30.7 Å². The van der Waals surface area contributed by atoms with E-state index in [4.69, 9.17) is 9.05 Å². The van der Waals surface area contributed by atoms with Gasteiger partial charge in [0.25, 0.3) is 0 Å². The monoisotopic (exact) mass is 526 g/mol. The van der Waals surface area contributed by atoms with E-state index in [2.05, 4.69) is 51.2 Å². The van der Waals surface area contributed by atoms with Gasteiger partial charge in [0, 0.05) is 35.7 Å². The summed E-state index contributed by atoms with van der Waals surface area (Å²) in [4.78, 5) is 0. The molecule has 35 heavy (non-hydrogen) atoms. The van der Waals surface area contributed by atoms with Crippen LogP contribution in [0.3, 0.4) is 0 Å². The Morgan fingerprint density at radius 2 is 1.31 bits per heavy atom. The fourth-order valence-corrected chi connectivity index (χ4v) is 2.42. The maximum absolute atomic E-state index is 11.3. The van der Waals surface area contributed by atoms with Gasteiger partial charge in [-0.15, -0.1) is 20.5 Å². The van der Waals surface area contributed by atoms with Gasteiger partial charge in [-0.3, -0.25) is 10.2 Å². The van der Waals surface area contributed by atoms with Crippen LogP contribution < -0.4 is 10.2 Å². The first kappa shape index (κ1) is 27.4. The van der Waals surface area contributed by atoms with Gasteiger partial charge in [-0.1, -0.05) is 38.0 Å². The van der Waals surface area contributed by atoms with E-state index in [1.54, 1.807) is 26.0 Å². The number of nitrogens with one attached hydrogen (secondary N) is 2. The molecule has 4 rings (SSSR count). The molecule has 0 radical (unpaired) electrons. The molecule has 0 unspecified atom stereocenters. The van der Waals surface area contributed by atoms with Gasteiger partial charge in [0.15, 0.2) is 0 Å². The van der Waals surface area contributed by atoms with E-state index in [9.17, 15) is 10.2 Å². The van der Waals surface area contributed by atoms with Gasteiger partial charge in [0.1, 0.15) is 22.9 Å². The van der Waals surface area contributed by atoms with Crippen LogP contribution in [0.1, 0.15) is 50.6 Å². The SMILES string of the molecule is CCc1cc(N=Nc2c([O-])n[nH]c2C)no1.Cc1[nH]nc([O-])c1N=Nc1cc(C(C)(C)C)on1.[Ni+2]. The summed E-state index contributed by atoms with van der Waals surface area (Å²) in [7, 11) is 0. The number of aromatic amines is 2. The van der Waals surface area contributed by atoms with Crippen LogP contribution in [0.5, 0.6) is 11.8 Å². The summed E-state index contributed by atoms with van der Waals surface area (Å²) in [5, 5.41) is 57.2. The third-order valence-corrected chi connectivity index (χ3v) is 4.40. The molecule has 188 valence electrons. The second-order valence-electron chi connectivity index (χ2n) is 8.21. The van der Waals surface area contributed by atoms with Crippen molar-refractivity contribution in [3.63, 3.8) is 0 Å². The minimum atomic E-state index is -0.434. The van der Waals surface area contributed by atoms with Crippen LogP contribution in [0.2, 0.25) is 0 Å². The maximum Gasteiger partial charge on any atom is 2.00 e. The van der Waals surface area contributed by atoms with E-state index in [0.29, 0.717) is 28.8 Å². The Kier molecular flexibility index (Phi) is 9.01. The summed E-state index contributed by atoms with van der Waals surface area (Å²) in [6, 6.07) is 3.37. The van der Waals surface area contributed by atoms with Gasteiger partial charge < -0.3 is 19.3 Å². The molecule has 0 atom stereocenters. The molecular weight excluding hydrogens is 503 g/mol. The Labute approximate surface area is 210 Å². The largest absolute Gasteiger partial charge is 2.00 e. The number of nitrogens with zero attached hydrogens (tertiary/aromatic N) is 8. The molecule has 4 aromatic heterocycles. The second kappa shape index (κ2) is 11.5. The average Bonchev–Trinajstić information content (AvgIpc) is 3.56. The minimum Gasteiger partial charge on any atom is -0.856 e. The molecule has 4 aromatic rings. The molecule has 0 bridgehead atoms. The van der Waals surface area contributed by atoms with Crippen molar-refractivity contribution in [2.24, 2.45) is 20.5 Å². The van der Waals surface area contributed by atoms with Gasteiger partial charge >= 0.3 is 16.5 Å². The van der Waals surface area contributed by atoms with Crippen molar-refractivity contribution < 1.29 is 35.8 Å². The summed E-state index contributed by atoms with van der Waals surface area (Å²) in [5.74, 6) is 1.25. The zero-order chi connectivity index (χ0) is 24.9. The standard InChI is InChI=1S/C11H15N5O2.C9H11N5O2.Ni/c1-6-9(10(17)15-12-6)14-13-8-5-7(18-16-8)11(2,3)4;1-3-6-4-7(14-16-6)11-12-8-5(2)10-13-9(8)15;/h5H,1-4H3,(H2,12,15,17);4H,3H2,1-2H3,(H2,10,13,15);/q;;+2/p-2. The van der Waals surface area contributed by atoms with Gasteiger partial charge in [0.05, 0.1) is 11.4 Å². The zero-order valence-electron chi connectivity index (χ0n) is 19.9. The molecule has 0 aromatic carbocycles. The predicted octanol–water partition coefficient (Wildman–Crippen LogP) is 4.25. The molecule has 15 heteroatoms. The number of hydrogen-bond acceptors (Lipinski definition) is 12. The van der Waals surface area contributed by atoms with Crippen molar-refractivity contribution in [1.29, 1.82) is 0 Å². The second-order valence-corrected chi connectivity index (χ2v) is 8.21. The molecule has 0 saturated carbocycles. The van der Waals surface area contributed by atoms with E-state index in [-0.39, 0.29) is 33.3 Å². The first-order chi connectivity index (χ1) is 16.1. The van der Waals surface area contributed by atoms with E-state index in [1.807, 2.05) is 27.7 Å². The van der Waals surface area contributed by atoms with Crippen molar-refractivity contribution >= 4 is 23.0 Å². The normalized spacial score (nSPS) is 11.6. The molecule has 0 aliphatic rings. The number of aromatic nitrogens is 6. The molecule has 0 fully saturated rings. The van der Waals surface area contributed by atoms with Crippen LogP contribution in [0.4, 0.5) is 23.0 Å². The third kappa shape index (κ3) is 7.06. The number of rotatable bonds is 5. The van der Waals surface area contributed by atoms with Crippen molar-refractivity contribution in [2.45, 2.75) is 53.4 Å². The van der Waals surface area contributed by atoms with Crippen LogP contribution in [0, 0.1) is 13.8 Å². The first-order valence-corrected chi connectivity index (χ1v) is 10.3. The van der Waals surface area contributed by atoms with Gasteiger partial charge in [0.2, 0.25) is 11.6 Å². The average molecular weight is 527 g/mol. The van der Waals surface area contributed by atoms with Crippen LogP contribution in [-0.4, -0.2) is 30.7 Å². The van der Waals surface area contributed by atoms with Crippen molar-refractivity contribution in [2.75, 3.05) is 0 Å². The summed E-state index contributed by atoms with van der Waals surface area (Å²) in [5.41, 5.74) is 1.39. The van der Waals surface area contributed by atoms with E-state index in [0.717, 1.165) is 12.2 Å². The Hall–Kier alpha value is -3.87. The van der Waals surface area contributed by atoms with Gasteiger partial charge in [-0.05, 0) is 13.8 Å². The molecule has 14 nitrogen and oxygen atoms in total. The number of aryl methyl sites for hydroxylation is 3. The smallest absolute Gasteiger partial charge is 0.856 e. The van der Waals surface area contributed by atoms with E-state index in [1.165, 1.54) is 0 Å². The zero-order valence-corrected chi connectivity index (χ0v) is 20.9. The van der Waals surface area contributed by atoms with Crippen LogP contribution in [-0.2, 0) is 28.3 Å². The molecule has 0 amide bonds. The Bertz CT molecular complexity index is 1260. The third-order valence-electron chi connectivity index (χ3n) is 4.40. The molecule has 0 spiro atoms. The summed E-state index contributed by atoms with van der Waals surface area (Å²) < 4.78 is 10.1. The Morgan fingerprint density at radius 3 is 1.69 bits per heavy atom. The van der Waals surface area contributed by atoms with Gasteiger partial charge in [-0.25, -0.2) is 0 Å². The summed E-state index contributed by atoms with van der Waals surface area (Å²) in [6.07, 6.45) is 0.736. The van der Waals surface area contributed by atoms with E-state index < -0.39 is 11.8 Å². The Morgan fingerprint density at radius 1 is 0.829 bits per heavy atom.